The summed E-state index contributed by atoms with van der Waals surface area (Å²) in [7, 11) is 0. The predicted molar refractivity (Wildman–Crippen MR) is 59.6 cm³/mol. The molecular weight excluding hydrogens is 194 g/mol. The van der Waals surface area contributed by atoms with Gasteiger partial charge in [0.1, 0.15) is 0 Å². The summed E-state index contributed by atoms with van der Waals surface area (Å²) in [5, 5.41) is 16.0. The Balaban J connectivity index is 2.34. The first kappa shape index (κ1) is 10.1. The molecule has 1 aliphatic rings. The average molecular weight is 211 g/mol. The molecule has 1 aromatic heterocycles. The van der Waals surface area contributed by atoms with E-state index < -0.39 is 5.60 Å². The van der Waals surface area contributed by atoms with Gasteiger partial charge in [0.25, 0.3) is 0 Å². The van der Waals surface area contributed by atoms with Crippen LogP contribution in [0.15, 0.2) is 11.4 Å². The molecule has 14 heavy (non-hydrogen) atoms. The summed E-state index contributed by atoms with van der Waals surface area (Å²) in [4.78, 5) is 1.25. The molecular formula is C11H17NOS. The van der Waals surface area contributed by atoms with Crippen LogP contribution in [-0.2, 0) is 5.60 Å². The van der Waals surface area contributed by atoms with Crippen LogP contribution in [0.5, 0.6) is 0 Å². The summed E-state index contributed by atoms with van der Waals surface area (Å²) in [5.41, 5.74) is 0.534. The summed E-state index contributed by atoms with van der Waals surface area (Å²) >= 11 is 1.72. The molecule has 1 saturated heterocycles. The van der Waals surface area contributed by atoms with Crippen LogP contribution in [0.4, 0.5) is 0 Å². The van der Waals surface area contributed by atoms with Crippen LogP contribution in [0.3, 0.4) is 0 Å². The number of piperidine rings is 1. The van der Waals surface area contributed by atoms with Crippen molar-refractivity contribution in [2.45, 2.75) is 25.9 Å². The quantitative estimate of drug-likeness (QED) is 0.743. The van der Waals surface area contributed by atoms with Crippen molar-refractivity contribution in [3.8, 4) is 0 Å². The Morgan fingerprint density at radius 1 is 1.64 bits per heavy atom. The summed E-state index contributed by atoms with van der Waals surface area (Å²) < 4.78 is 0. The van der Waals surface area contributed by atoms with E-state index in [2.05, 4.69) is 30.6 Å². The first-order valence-electron chi connectivity index (χ1n) is 5.12. The molecule has 2 atom stereocenters. The lowest BCUT2D eigenvalue weighted by atomic mass is 9.78. The van der Waals surface area contributed by atoms with Crippen molar-refractivity contribution in [2.24, 2.45) is 5.92 Å². The highest BCUT2D eigenvalue weighted by molar-refractivity contribution is 7.10. The fourth-order valence-corrected chi connectivity index (χ4v) is 3.03. The second-order valence-electron chi connectivity index (χ2n) is 4.17. The van der Waals surface area contributed by atoms with Gasteiger partial charge >= 0.3 is 0 Å². The van der Waals surface area contributed by atoms with Crippen LogP contribution >= 0.6 is 11.3 Å². The SMILES string of the molecule is Cc1sccc1C1(O)CCNCC1C. The lowest BCUT2D eigenvalue weighted by molar-refractivity contribution is -0.0393. The zero-order valence-corrected chi connectivity index (χ0v) is 9.53. The Kier molecular flexibility index (Phi) is 2.64. The molecule has 0 saturated carbocycles. The van der Waals surface area contributed by atoms with E-state index >= 15 is 0 Å². The minimum Gasteiger partial charge on any atom is -0.385 e. The largest absolute Gasteiger partial charge is 0.385 e. The minimum absolute atomic E-state index is 0.296. The van der Waals surface area contributed by atoms with Crippen LogP contribution in [0.25, 0.3) is 0 Å². The van der Waals surface area contributed by atoms with Crippen molar-refractivity contribution in [2.75, 3.05) is 13.1 Å². The average Bonchev–Trinajstić information content (AvgIpc) is 2.57. The van der Waals surface area contributed by atoms with E-state index in [1.807, 2.05) is 0 Å². The maximum absolute atomic E-state index is 10.6. The third-order valence-corrected chi connectivity index (χ3v) is 4.12. The van der Waals surface area contributed by atoms with E-state index in [0.29, 0.717) is 5.92 Å². The Morgan fingerprint density at radius 2 is 2.43 bits per heavy atom. The van der Waals surface area contributed by atoms with E-state index in [1.165, 1.54) is 4.88 Å². The fourth-order valence-electron chi connectivity index (χ4n) is 2.25. The zero-order valence-electron chi connectivity index (χ0n) is 8.71. The van der Waals surface area contributed by atoms with Gasteiger partial charge in [-0.15, -0.1) is 11.3 Å². The maximum Gasteiger partial charge on any atom is 0.0956 e. The molecule has 1 fully saturated rings. The summed E-state index contributed by atoms with van der Waals surface area (Å²) in [6.07, 6.45) is 0.825. The second-order valence-corrected chi connectivity index (χ2v) is 5.29. The number of nitrogens with one attached hydrogen (secondary N) is 1. The Hall–Kier alpha value is -0.380. The molecule has 0 amide bonds. The maximum atomic E-state index is 10.6. The predicted octanol–water partition coefficient (Wildman–Crippen LogP) is 1.87. The Morgan fingerprint density at radius 3 is 3.00 bits per heavy atom. The lowest BCUT2D eigenvalue weighted by Gasteiger charge is -2.38. The van der Waals surface area contributed by atoms with E-state index in [4.69, 9.17) is 0 Å². The van der Waals surface area contributed by atoms with Crippen molar-refractivity contribution < 1.29 is 5.11 Å². The number of hydrogen-bond acceptors (Lipinski definition) is 3. The molecule has 2 unspecified atom stereocenters. The van der Waals surface area contributed by atoms with Crippen LogP contribution in [-0.4, -0.2) is 18.2 Å². The lowest BCUT2D eigenvalue weighted by Crippen LogP contribution is -2.46. The molecule has 1 aromatic rings. The summed E-state index contributed by atoms with van der Waals surface area (Å²) in [6.45, 7) is 6.03. The van der Waals surface area contributed by atoms with E-state index in [1.54, 1.807) is 11.3 Å². The second kappa shape index (κ2) is 3.65. The van der Waals surface area contributed by atoms with Gasteiger partial charge in [-0.2, -0.15) is 0 Å². The van der Waals surface area contributed by atoms with Crippen molar-refractivity contribution >= 4 is 11.3 Å². The highest BCUT2D eigenvalue weighted by Crippen LogP contribution is 2.38. The fraction of sp³-hybridized carbons (Fsp3) is 0.636. The van der Waals surface area contributed by atoms with Crippen molar-refractivity contribution in [1.82, 2.24) is 5.32 Å². The molecule has 0 aromatic carbocycles. The highest BCUT2D eigenvalue weighted by atomic mass is 32.1. The molecule has 2 heterocycles. The van der Waals surface area contributed by atoms with Crippen LogP contribution in [0.1, 0.15) is 23.8 Å². The molecule has 0 bridgehead atoms. The Labute approximate surface area is 89.0 Å². The molecule has 0 radical (unpaired) electrons. The minimum atomic E-state index is -0.602. The third kappa shape index (κ3) is 1.49. The van der Waals surface area contributed by atoms with Crippen LogP contribution in [0.2, 0.25) is 0 Å². The number of thiophene rings is 1. The molecule has 0 spiro atoms. The van der Waals surface area contributed by atoms with Gasteiger partial charge < -0.3 is 10.4 Å². The van der Waals surface area contributed by atoms with Gasteiger partial charge in [0.05, 0.1) is 5.60 Å². The van der Waals surface area contributed by atoms with Crippen molar-refractivity contribution in [3.63, 3.8) is 0 Å². The van der Waals surface area contributed by atoms with Crippen molar-refractivity contribution in [1.29, 1.82) is 0 Å². The first-order chi connectivity index (χ1) is 6.64. The number of aliphatic hydroxyl groups is 1. The van der Waals surface area contributed by atoms with Crippen molar-refractivity contribution in [3.05, 3.63) is 21.9 Å². The number of hydrogen-bond donors (Lipinski definition) is 2. The van der Waals surface area contributed by atoms with E-state index in [9.17, 15) is 5.11 Å². The van der Waals surface area contributed by atoms with Crippen LogP contribution in [0, 0.1) is 12.8 Å². The van der Waals surface area contributed by atoms with Gasteiger partial charge in [0.15, 0.2) is 0 Å². The van der Waals surface area contributed by atoms with E-state index in [0.717, 1.165) is 25.1 Å². The summed E-state index contributed by atoms with van der Waals surface area (Å²) in [5.74, 6) is 0.296. The highest BCUT2D eigenvalue weighted by Gasteiger charge is 2.38. The zero-order chi connectivity index (χ0) is 10.2. The number of rotatable bonds is 1. The molecule has 1 aliphatic heterocycles. The van der Waals surface area contributed by atoms with Gasteiger partial charge in [-0.1, -0.05) is 6.92 Å². The Bertz CT molecular complexity index is 323. The van der Waals surface area contributed by atoms with Gasteiger partial charge in [-0.3, -0.25) is 0 Å². The molecule has 78 valence electrons. The molecule has 2 rings (SSSR count). The first-order valence-corrected chi connectivity index (χ1v) is 6.00. The molecule has 3 heteroatoms. The van der Waals surface area contributed by atoms with Gasteiger partial charge in [0, 0.05) is 17.3 Å². The number of aryl methyl sites for hydroxylation is 1. The van der Waals surface area contributed by atoms with Gasteiger partial charge in [-0.05, 0) is 36.9 Å². The third-order valence-electron chi connectivity index (χ3n) is 3.27. The monoisotopic (exact) mass is 211 g/mol. The standard InChI is InChI=1S/C11H17NOS/c1-8-7-12-5-4-11(8,13)10-3-6-14-9(10)2/h3,6,8,12-13H,4-5,7H2,1-2H3. The molecule has 2 nitrogen and oxygen atoms in total. The summed E-state index contributed by atoms with van der Waals surface area (Å²) in [6, 6.07) is 2.07. The van der Waals surface area contributed by atoms with E-state index in [-0.39, 0.29) is 0 Å². The normalized spacial score (nSPS) is 33.2. The molecule has 2 N–H and O–H groups in total. The topological polar surface area (TPSA) is 32.3 Å². The van der Waals surface area contributed by atoms with Gasteiger partial charge in [-0.25, -0.2) is 0 Å². The van der Waals surface area contributed by atoms with Crippen LogP contribution < -0.4 is 5.32 Å². The molecule has 0 aliphatic carbocycles. The van der Waals surface area contributed by atoms with Gasteiger partial charge in [0.2, 0.25) is 0 Å². The smallest absolute Gasteiger partial charge is 0.0956 e.